The van der Waals surface area contributed by atoms with Crippen LogP contribution in [0, 0.1) is 10.1 Å². The van der Waals surface area contributed by atoms with Gasteiger partial charge in [-0.05, 0) is 18.6 Å². The maximum Gasteiger partial charge on any atom is 0.291 e. The lowest BCUT2D eigenvalue weighted by Gasteiger charge is -2.23. The molecule has 1 heterocycles. The van der Waals surface area contributed by atoms with Crippen molar-refractivity contribution in [1.82, 2.24) is 10.0 Å². The molecule has 0 aromatic heterocycles. The van der Waals surface area contributed by atoms with Crippen LogP contribution in [0.2, 0.25) is 0 Å². The average Bonchev–Trinajstić information content (AvgIpc) is 2.40. The van der Waals surface area contributed by atoms with Crippen LogP contribution in [-0.4, -0.2) is 31.8 Å². The third kappa shape index (κ3) is 3.47. The number of carbonyl (C=O) groups is 1. The summed E-state index contributed by atoms with van der Waals surface area (Å²) in [5, 5.41) is 13.5. The van der Waals surface area contributed by atoms with E-state index in [9.17, 15) is 23.3 Å². The fourth-order valence-corrected chi connectivity index (χ4v) is 3.44. The number of nitrogens with zero attached hydrogens (tertiary/aromatic N) is 1. The minimum Gasteiger partial charge on any atom is -0.399 e. The number of hydrogen-bond donors (Lipinski definition) is 3. The van der Waals surface area contributed by atoms with Crippen LogP contribution in [0.5, 0.6) is 0 Å². The van der Waals surface area contributed by atoms with E-state index in [1.165, 1.54) is 6.07 Å². The van der Waals surface area contributed by atoms with E-state index in [2.05, 4.69) is 10.0 Å². The first kappa shape index (κ1) is 15.2. The number of nitro groups is 1. The second-order valence-corrected chi connectivity index (χ2v) is 6.33. The minimum atomic E-state index is -4.07. The fourth-order valence-electron chi connectivity index (χ4n) is 2.02. The Labute approximate surface area is 120 Å². The standard InChI is InChI=1S/C11H14N4O5S/c12-7-1-3-10(9(5-7)15(17)18)21(19,20)14-8-2-4-11(16)13-6-8/h1,3,5,8,14H,2,4,6,12H2,(H,13,16). The Balaban J connectivity index is 2.27. The zero-order valence-corrected chi connectivity index (χ0v) is 11.7. The second-order valence-electron chi connectivity index (χ2n) is 4.65. The van der Waals surface area contributed by atoms with Gasteiger partial charge in [-0.2, -0.15) is 0 Å². The summed E-state index contributed by atoms with van der Waals surface area (Å²) >= 11 is 0. The molecular formula is C11H14N4O5S. The zero-order valence-electron chi connectivity index (χ0n) is 10.9. The number of nitro benzene ring substituents is 1. The van der Waals surface area contributed by atoms with Crippen molar-refractivity contribution in [3.63, 3.8) is 0 Å². The number of rotatable bonds is 4. The van der Waals surface area contributed by atoms with E-state index in [4.69, 9.17) is 5.73 Å². The van der Waals surface area contributed by atoms with Gasteiger partial charge in [0, 0.05) is 30.8 Å². The molecule has 10 heteroatoms. The number of nitrogen functional groups attached to an aromatic ring is 1. The molecule has 0 spiro atoms. The quantitative estimate of drug-likeness (QED) is 0.396. The summed E-state index contributed by atoms with van der Waals surface area (Å²) in [6.45, 7) is 0.154. The SMILES string of the molecule is Nc1ccc(S(=O)(=O)NC2CCC(=O)NC2)c([N+](=O)[O-])c1. The number of anilines is 1. The van der Waals surface area contributed by atoms with Gasteiger partial charge in [0.2, 0.25) is 15.9 Å². The number of sulfonamides is 1. The maximum absolute atomic E-state index is 12.2. The largest absolute Gasteiger partial charge is 0.399 e. The van der Waals surface area contributed by atoms with Crippen molar-refractivity contribution in [2.75, 3.05) is 12.3 Å². The summed E-state index contributed by atoms with van der Waals surface area (Å²) in [5.41, 5.74) is 4.96. The van der Waals surface area contributed by atoms with Gasteiger partial charge in [-0.25, -0.2) is 13.1 Å². The maximum atomic E-state index is 12.2. The van der Waals surface area contributed by atoms with Gasteiger partial charge in [-0.1, -0.05) is 0 Å². The Bertz CT molecular complexity index is 678. The van der Waals surface area contributed by atoms with Gasteiger partial charge in [0.15, 0.2) is 4.90 Å². The number of amides is 1. The van der Waals surface area contributed by atoms with Crippen molar-refractivity contribution < 1.29 is 18.1 Å². The lowest BCUT2D eigenvalue weighted by molar-refractivity contribution is -0.387. The molecule has 114 valence electrons. The smallest absolute Gasteiger partial charge is 0.291 e. The van der Waals surface area contributed by atoms with Crippen LogP contribution >= 0.6 is 0 Å². The van der Waals surface area contributed by atoms with Crippen LogP contribution in [0.3, 0.4) is 0 Å². The molecule has 0 aliphatic carbocycles. The van der Waals surface area contributed by atoms with E-state index >= 15 is 0 Å². The Morgan fingerprint density at radius 3 is 2.71 bits per heavy atom. The summed E-state index contributed by atoms with van der Waals surface area (Å²) in [7, 11) is -4.07. The summed E-state index contributed by atoms with van der Waals surface area (Å²) in [6.07, 6.45) is 0.546. The first-order valence-electron chi connectivity index (χ1n) is 6.12. The molecule has 1 saturated heterocycles. The summed E-state index contributed by atoms with van der Waals surface area (Å²) in [4.78, 5) is 20.7. The molecule has 21 heavy (non-hydrogen) atoms. The van der Waals surface area contributed by atoms with Gasteiger partial charge in [-0.15, -0.1) is 0 Å². The Kier molecular flexibility index (Phi) is 4.09. The molecule has 9 nitrogen and oxygen atoms in total. The highest BCUT2D eigenvalue weighted by Gasteiger charge is 2.29. The van der Waals surface area contributed by atoms with Crippen LogP contribution in [0.1, 0.15) is 12.8 Å². The molecule has 0 radical (unpaired) electrons. The molecule has 0 saturated carbocycles. The average molecular weight is 314 g/mol. The van der Waals surface area contributed by atoms with Crippen LogP contribution in [0.25, 0.3) is 0 Å². The van der Waals surface area contributed by atoms with Crippen molar-refractivity contribution >= 4 is 27.3 Å². The van der Waals surface area contributed by atoms with Crippen molar-refractivity contribution in [1.29, 1.82) is 0 Å². The third-order valence-electron chi connectivity index (χ3n) is 3.06. The molecule has 1 fully saturated rings. The normalized spacial score (nSPS) is 19.0. The van der Waals surface area contributed by atoms with Crippen molar-refractivity contribution in [2.24, 2.45) is 0 Å². The molecule has 1 atom stereocenters. The molecule has 4 N–H and O–H groups in total. The topological polar surface area (TPSA) is 144 Å². The van der Waals surface area contributed by atoms with Gasteiger partial charge in [0.1, 0.15) is 0 Å². The van der Waals surface area contributed by atoms with E-state index in [1.807, 2.05) is 0 Å². The molecule has 1 aromatic rings. The molecule has 1 aliphatic rings. The van der Waals surface area contributed by atoms with Crippen LogP contribution in [0.4, 0.5) is 11.4 Å². The first-order valence-corrected chi connectivity index (χ1v) is 7.61. The van der Waals surface area contributed by atoms with E-state index in [0.29, 0.717) is 6.42 Å². The minimum absolute atomic E-state index is 0.102. The van der Waals surface area contributed by atoms with Crippen molar-refractivity contribution in [3.8, 4) is 0 Å². The second kappa shape index (κ2) is 5.66. The predicted octanol–water partition coefficient (Wildman–Crippen LogP) is -0.266. The van der Waals surface area contributed by atoms with Gasteiger partial charge in [0.05, 0.1) is 4.92 Å². The molecule has 1 amide bonds. The van der Waals surface area contributed by atoms with E-state index in [-0.39, 0.29) is 24.6 Å². The van der Waals surface area contributed by atoms with Gasteiger partial charge >= 0.3 is 0 Å². The third-order valence-corrected chi connectivity index (χ3v) is 4.62. The van der Waals surface area contributed by atoms with Crippen LogP contribution in [-0.2, 0) is 14.8 Å². The van der Waals surface area contributed by atoms with Crippen molar-refractivity contribution in [2.45, 2.75) is 23.8 Å². The van der Waals surface area contributed by atoms with Gasteiger partial charge < -0.3 is 11.1 Å². The Morgan fingerprint density at radius 1 is 1.43 bits per heavy atom. The number of nitrogens with two attached hydrogens (primary N) is 1. The highest BCUT2D eigenvalue weighted by molar-refractivity contribution is 7.89. The molecule has 1 aliphatic heterocycles. The zero-order chi connectivity index (χ0) is 15.6. The number of benzene rings is 1. The summed E-state index contributed by atoms with van der Waals surface area (Å²) < 4.78 is 26.9. The summed E-state index contributed by atoms with van der Waals surface area (Å²) in [5.74, 6) is -0.149. The lowest BCUT2D eigenvalue weighted by atomic mass is 10.1. The molecule has 0 bridgehead atoms. The summed E-state index contributed by atoms with van der Waals surface area (Å²) in [6, 6.07) is 2.88. The number of carbonyl (C=O) groups excluding carboxylic acids is 1. The number of piperidine rings is 1. The fraction of sp³-hybridized carbons (Fsp3) is 0.364. The van der Waals surface area contributed by atoms with Crippen LogP contribution < -0.4 is 15.8 Å². The van der Waals surface area contributed by atoms with E-state index < -0.39 is 31.6 Å². The van der Waals surface area contributed by atoms with Gasteiger partial charge in [-0.3, -0.25) is 14.9 Å². The molecule has 1 aromatic carbocycles. The highest BCUT2D eigenvalue weighted by atomic mass is 32.2. The Morgan fingerprint density at radius 2 is 2.14 bits per heavy atom. The monoisotopic (exact) mass is 314 g/mol. The van der Waals surface area contributed by atoms with E-state index in [1.54, 1.807) is 0 Å². The van der Waals surface area contributed by atoms with Crippen molar-refractivity contribution in [3.05, 3.63) is 28.3 Å². The lowest BCUT2D eigenvalue weighted by Crippen LogP contribution is -2.47. The number of hydrogen-bond acceptors (Lipinski definition) is 6. The Hall–Kier alpha value is -2.20. The highest BCUT2D eigenvalue weighted by Crippen LogP contribution is 2.26. The predicted molar refractivity (Wildman–Crippen MR) is 73.9 cm³/mol. The van der Waals surface area contributed by atoms with Gasteiger partial charge in [0.25, 0.3) is 5.69 Å². The van der Waals surface area contributed by atoms with E-state index in [0.717, 1.165) is 12.1 Å². The number of nitrogens with one attached hydrogen (secondary N) is 2. The molecular weight excluding hydrogens is 300 g/mol. The molecule has 2 rings (SSSR count). The molecule has 1 unspecified atom stereocenters. The first-order chi connectivity index (χ1) is 9.79. The van der Waals surface area contributed by atoms with Crippen LogP contribution in [0.15, 0.2) is 23.1 Å².